The van der Waals surface area contributed by atoms with Gasteiger partial charge >= 0.3 is 5.97 Å². The van der Waals surface area contributed by atoms with E-state index in [4.69, 9.17) is 21.4 Å². The van der Waals surface area contributed by atoms with Crippen LogP contribution < -0.4 is 4.74 Å². The van der Waals surface area contributed by atoms with Gasteiger partial charge in [-0.15, -0.1) is 0 Å². The monoisotopic (exact) mass is 243 g/mol. The number of carbonyl (C=O) groups is 1. The van der Waals surface area contributed by atoms with Gasteiger partial charge < -0.3 is 9.84 Å². The standard InChI is InChI=1S/C11H14ClNO3/c1-2-3-4-5-16-10-9(11(14)15)6-8(12)7-13-10/h6-7H,2-5H2,1H3,(H,14,15). The first-order valence-electron chi connectivity index (χ1n) is 5.16. The lowest BCUT2D eigenvalue weighted by molar-refractivity contribution is 0.0691. The second-order valence-corrected chi connectivity index (χ2v) is 3.80. The number of ether oxygens (including phenoxy) is 1. The molecule has 88 valence electrons. The molecule has 0 aliphatic carbocycles. The molecule has 0 saturated carbocycles. The second-order valence-electron chi connectivity index (χ2n) is 3.37. The van der Waals surface area contributed by atoms with Gasteiger partial charge in [-0.3, -0.25) is 0 Å². The highest BCUT2D eigenvalue weighted by atomic mass is 35.5. The van der Waals surface area contributed by atoms with Crippen molar-refractivity contribution in [2.45, 2.75) is 26.2 Å². The van der Waals surface area contributed by atoms with E-state index in [1.165, 1.54) is 12.3 Å². The van der Waals surface area contributed by atoms with Crippen molar-refractivity contribution < 1.29 is 14.6 Å². The molecule has 0 radical (unpaired) electrons. The van der Waals surface area contributed by atoms with Crippen LogP contribution in [-0.2, 0) is 0 Å². The van der Waals surface area contributed by atoms with Crippen molar-refractivity contribution in [1.82, 2.24) is 4.98 Å². The van der Waals surface area contributed by atoms with Crippen LogP contribution in [0.3, 0.4) is 0 Å². The molecular weight excluding hydrogens is 230 g/mol. The predicted molar refractivity (Wildman–Crippen MR) is 61.2 cm³/mol. The first kappa shape index (κ1) is 12.8. The van der Waals surface area contributed by atoms with E-state index in [1.807, 2.05) is 0 Å². The molecular formula is C11H14ClNO3. The predicted octanol–water partition coefficient (Wildman–Crippen LogP) is 3.00. The highest BCUT2D eigenvalue weighted by Crippen LogP contribution is 2.19. The van der Waals surface area contributed by atoms with Crippen molar-refractivity contribution >= 4 is 17.6 Å². The topological polar surface area (TPSA) is 59.4 Å². The van der Waals surface area contributed by atoms with Crippen LogP contribution >= 0.6 is 11.6 Å². The number of aromatic carboxylic acids is 1. The normalized spacial score (nSPS) is 10.1. The Morgan fingerprint density at radius 1 is 1.56 bits per heavy atom. The number of pyridine rings is 1. The fraction of sp³-hybridized carbons (Fsp3) is 0.455. The van der Waals surface area contributed by atoms with Crippen LogP contribution in [0.2, 0.25) is 5.02 Å². The van der Waals surface area contributed by atoms with E-state index in [-0.39, 0.29) is 11.4 Å². The average molecular weight is 244 g/mol. The van der Waals surface area contributed by atoms with Gasteiger partial charge in [0.25, 0.3) is 0 Å². The molecule has 0 bridgehead atoms. The Bertz CT molecular complexity index is 368. The number of rotatable bonds is 6. The van der Waals surface area contributed by atoms with Gasteiger partial charge in [0, 0.05) is 6.20 Å². The van der Waals surface area contributed by atoms with Gasteiger partial charge in [-0.2, -0.15) is 0 Å². The molecule has 5 heteroatoms. The lowest BCUT2D eigenvalue weighted by Crippen LogP contribution is -2.06. The van der Waals surface area contributed by atoms with Gasteiger partial charge in [0.1, 0.15) is 5.56 Å². The third-order valence-corrected chi connectivity index (χ3v) is 2.24. The molecule has 0 amide bonds. The summed E-state index contributed by atoms with van der Waals surface area (Å²) in [5.74, 6) is -0.950. The highest BCUT2D eigenvalue weighted by Gasteiger charge is 2.13. The molecule has 0 unspecified atom stereocenters. The van der Waals surface area contributed by atoms with Gasteiger partial charge in [-0.25, -0.2) is 9.78 Å². The smallest absolute Gasteiger partial charge is 0.341 e. The Labute approximate surface area is 99.2 Å². The van der Waals surface area contributed by atoms with E-state index in [0.29, 0.717) is 11.6 Å². The Morgan fingerprint density at radius 2 is 2.31 bits per heavy atom. The zero-order valence-electron chi connectivity index (χ0n) is 9.07. The Balaban J connectivity index is 2.67. The summed E-state index contributed by atoms with van der Waals surface area (Å²) >= 11 is 5.66. The number of aromatic nitrogens is 1. The summed E-state index contributed by atoms with van der Waals surface area (Å²) in [4.78, 5) is 14.7. The molecule has 16 heavy (non-hydrogen) atoms. The highest BCUT2D eigenvalue weighted by molar-refractivity contribution is 6.30. The lowest BCUT2D eigenvalue weighted by atomic mass is 10.2. The molecule has 0 atom stereocenters. The fourth-order valence-electron chi connectivity index (χ4n) is 1.22. The zero-order valence-corrected chi connectivity index (χ0v) is 9.83. The Hall–Kier alpha value is -1.29. The van der Waals surface area contributed by atoms with Crippen molar-refractivity contribution in [3.05, 3.63) is 22.8 Å². The number of hydrogen-bond acceptors (Lipinski definition) is 3. The number of hydrogen-bond donors (Lipinski definition) is 1. The molecule has 1 aromatic rings. The van der Waals surface area contributed by atoms with Gasteiger partial charge in [-0.05, 0) is 12.5 Å². The van der Waals surface area contributed by atoms with Crippen LogP contribution in [0.1, 0.15) is 36.5 Å². The second kappa shape index (κ2) is 6.33. The van der Waals surface area contributed by atoms with Crippen molar-refractivity contribution in [3.63, 3.8) is 0 Å². The van der Waals surface area contributed by atoms with E-state index >= 15 is 0 Å². The van der Waals surface area contributed by atoms with Gasteiger partial charge in [0.2, 0.25) is 5.88 Å². The molecule has 1 aromatic heterocycles. The quantitative estimate of drug-likeness (QED) is 0.781. The van der Waals surface area contributed by atoms with Crippen molar-refractivity contribution in [1.29, 1.82) is 0 Å². The molecule has 0 aromatic carbocycles. The SMILES string of the molecule is CCCCCOc1ncc(Cl)cc1C(=O)O. The molecule has 0 fully saturated rings. The number of carboxylic acid groups (broad SMARTS) is 1. The number of unbranched alkanes of at least 4 members (excludes halogenated alkanes) is 2. The van der Waals surface area contributed by atoms with Crippen LogP contribution in [0.5, 0.6) is 5.88 Å². The summed E-state index contributed by atoms with van der Waals surface area (Å²) in [5.41, 5.74) is 0.00370. The first-order valence-corrected chi connectivity index (χ1v) is 5.54. The Kier molecular flexibility index (Phi) is 5.05. The van der Waals surface area contributed by atoms with E-state index in [2.05, 4.69) is 11.9 Å². The van der Waals surface area contributed by atoms with Gasteiger partial charge in [0.15, 0.2) is 0 Å². The van der Waals surface area contributed by atoms with Crippen molar-refractivity contribution in [2.75, 3.05) is 6.61 Å². The largest absolute Gasteiger partial charge is 0.477 e. The summed E-state index contributed by atoms with van der Waals surface area (Å²) in [6.07, 6.45) is 4.40. The summed E-state index contributed by atoms with van der Waals surface area (Å²) in [5, 5.41) is 9.20. The van der Waals surface area contributed by atoms with Crippen LogP contribution in [0, 0.1) is 0 Å². The molecule has 0 saturated heterocycles. The molecule has 1 N–H and O–H groups in total. The van der Waals surface area contributed by atoms with E-state index in [9.17, 15) is 4.79 Å². The number of carboxylic acids is 1. The maximum Gasteiger partial charge on any atom is 0.341 e. The summed E-state index contributed by atoms with van der Waals surface area (Å²) in [6.45, 7) is 2.56. The number of halogens is 1. The van der Waals surface area contributed by atoms with Gasteiger partial charge in [0.05, 0.1) is 11.6 Å². The van der Waals surface area contributed by atoms with E-state index in [1.54, 1.807) is 0 Å². The molecule has 1 rings (SSSR count). The molecule has 4 nitrogen and oxygen atoms in total. The average Bonchev–Trinajstić information content (AvgIpc) is 2.26. The van der Waals surface area contributed by atoms with E-state index in [0.717, 1.165) is 19.3 Å². The van der Waals surface area contributed by atoms with E-state index < -0.39 is 5.97 Å². The molecule has 1 heterocycles. The third-order valence-electron chi connectivity index (χ3n) is 2.03. The minimum Gasteiger partial charge on any atom is -0.477 e. The Morgan fingerprint density at radius 3 is 2.94 bits per heavy atom. The lowest BCUT2D eigenvalue weighted by Gasteiger charge is -2.07. The minimum absolute atomic E-state index is 0.00370. The maximum absolute atomic E-state index is 10.9. The number of nitrogens with zero attached hydrogens (tertiary/aromatic N) is 1. The van der Waals surface area contributed by atoms with Crippen molar-refractivity contribution in [2.24, 2.45) is 0 Å². The first-order chi connectivity index (χ1) is 7.65. The van der Waals surface area contributed by atoms with Crippen molar-refractivity contribution in [3.8, 4) is 5.88 Å². The summed E-state index contributed by atoms with van der Waals surface area (Å²) < 4.78 is 5.30. The maximum atomic E-state index is 10.9. The molecule has 0 aliphatic rings. The fourth-order valence-corrected chi connectivity index (χ4v) is 1.37. The molecule has 0 spiro atoms. The summed E-state index contributed by atoms with van der Waals surface area (Å²) in [6, 6.07) is 1.34. The molecule has 0 aliphatic heterocycles. The van der Waals surface area contributed by atoms with Crippen LogP contribution in [0.25, 0.3) is 0 Å². The van der Waals surface area contributed by atoms with Crippen LogP contribution in [0.15, 0.2) is 12.3 Å². The zero-order chi connectivity index (χ0) is 12.0. The minimum atomic E-state index is -1.08. The van der Waals surface area contributed by atoms with Crippen LogP contribution in [-0.4, -0.2) is 22.7 Å². The van der Waals surface area contributed by atoms with Gasteiger partial charge in [-0.1, -0.05) is 31.4 Å². The third kappa shape index (κ3) is 3.70. The summed E-state index contributed by atoms with van der Waals surface area (Å²) in [7, 11) is 0. The van der Waals surface area contributed by atoms with Crippen LogP contribution in [0.4, 0.5) is 0 Å².